The molecular weight excluding hydrogens is 480 g/mol. The maximum atomic E-state index is 12.8. The van der Waals surface area contributed by atoms with Crippen LogP contribution >= 0.6 is 11.8 Å². The molecule has 2 amide bonds. The Morgan fingerprint density at radius 2 is 1.78 bits per heavy atom. The number of nitrogens with zero attached hydrogens (tertiary/aromatic N) is 4. The fourth-order valence-electron chi connectivity index (χ4n) is 3.39. The molecule has 2 N–H and O–H groups in total. The van der Waals surface area contributed by atoms with E-state index in [0.29, 0.717) is 33.7 Å². The highest BCUT2D eigenvalue weighted by Gasteiger charge is 2.26. The summed E-state index contributed by atoms with van der Waals surface area (Å²) < 4.78 is 12.2. The second kappa shape index (κ2) is 11.1. The molecule has 2 heterocycles. The van der Waals surface area contributed by atoms with Crippen LogP contribution in [-0.2, 0) is 16.1 Å². The first-order valence-electron chi connectivity index (χ1n) is 11.2. The topological polar surface area (TPSA) is 124 Å². The summed E-state index contributed by atoms with van der Waals surface area (Å²) in [5.74, 6) is 1.05. The van der Waals surface area contributed by atoms with E-state index in [2.05, 4.69) is 25.9 Å². The Bertz CT molecular complexity index is 1360. The third kappa shape index (κ3) is 5.57. The van der Waals surface area contributed by atoms with Gasteiger partial charge < -0.3 is 19.9 Å². The van der Waals surface area contributed by atoms with Gasteiger partial charge in [0.15, 0.2) is 0 Å². The molecule has 0 bridgehead atoms. The monoisotopic (exact) mass is 506 g/mol. The molecule has 0 spiro atoms. The number of amides is 2. The highest BCUT2D eigenvalue weighted by Crippen LogP contribution is 2.36. The van der Waals surface area contributed by atoms with Crippen LogP contribution in [0.3, 0.4) is 0 Å². The minimum Gasteiger partial charge on any atom is -0.497 e. The van der Waals surface area contributed by atoms with E-state index in [0.717, 1.165) is 11.1 Å². The number of carbonyl (C=O) groups excluding carboxylic acids is 2. The molecule has 0 unspecified atom stereocenters. The number of hydrogen-bond donors (Lipinski definition) is 2. The molecule has 0 atom stereocenters. The lowest BCUT2D eigenvalue weighted by molar-refractivity contribution is -0.117. The third-order valence-electron chi connectivity index (χ3n) is 5.31. The van der Waals surface area contributed by atoms with Crippen LogP contribution < -0.4 is 15.4 Å². The van der Waals surface area contributed by atoms with Crippen molar-refractivity contribution in [1.82, 2.24) is 19.9 Å². The quantitative estimate of drug-likeness (QED) is 0.315. The molecule has 2 aromatic carbocycles. The molecule has 0 radical (unpaired) electrons. The van der Waals surface area contributed by atoms with E-state index in [1.54, 1.807) is 38.3 Å². The Kier molecular flexibility index (Phi) is 7.69. The Hall–Kier alpha value is -4.12. The van der Waals surface area contributed by atoms with Crippen LogP contribution in [0.15, 0.2) is 58.1 Å². The first-order valence-corrected chi connectivity index (χ1v) is 12.4. The van der Waals surface area contributed by atoms with Gasteiger partial charge in [-0.05, 0) is 37.4 Å². The maximum Gasteiger partial charge on any atom is 0.264 e. The van der Waals surface area contributed by atoms with Crippen molar-refractivity contribution in [1.29, 1.82) is 0 Å². The normalized spacial score (nSPS) is 10.8. The van der Waals surface area contributed by atoms with Gasteiger partial charge in [-0.3, -0.25) is 9.59 Å². The van der Waals surface area contributed by atoms with Crippen LogP contribution in [0.25, 0.3) is 22.8 Å². The molecule has 36 heavy (non-hydrogen) atoms. The van der Waals surface area contributed by atoms with Gasteiger partial charge in [-0.15, -0.1) is 11.8 Å². The van der Waals surface area contributed by atoms with E-state index < -0.39 is 0 Å². The summed E-state index contributed by atoms with van der Waals surface area (Å²) in [6, 6.07) is 14.7. The van der Waals surface area contributed by atoms with Gasteiger partial charge in [0.05, 0.1) is 7.11 Å². The number of anilines is 2. The summed E-state index contributed by atoms with van der Waals surface area (Å²) in [6.07, 6.45) is 2.09. The van der Waals surface area contributed by atoms with Crippen molar-refractivity contribution < 1.29 is 18.8 Å². The van der Waals surface area contributed by atoms with Crippen molar-refractivity contribution in [2.45, 2.75) is 31.8 Å². The zero-order valence-electron chi connectivity index (χ0n) is 20.4. The Morgan fingerprint density at radius 3 is 2.42 bits per heavy atom. The van der Waals surface area contributed by atoms with Crippen molar-refractivity contribution in [2.75, 3.05) is 24.0 Å². The number of benzene rings is 2. The Balaban J connectivity index is 1.66. The van der Waals surface area contributed by atoms with E-state index in [9.17, 15) is 9.59 Å². The molecule has 10 nitrogen and oxygen atoms in total. The van der Waals surface area contributed by atoms with E-state index >= 15 is 0 Å². The Labute approximate surface area is 212 Å². The molecule has 0 aliphatic rings. The van der Waals surface area contributed by atoms with E-state index in [-0.39, 0.29) is 30.7 Å². The number of methoxy groups -OCH3 is 1. The van der Waals surface area contributed by atoms with Gasteiger partial charge in [-0.2, -0.15) is 10.1 Å². The molecule has 186 valence electrons. The number of aryl methyl sites for hydroxylation is 1. The first kappa shape index (κ1) is 25.0. The summed E-state index contributed by atoms with van der Waals surface area (Å²) >= 11 is 1.35. The second-order valence-corrected chi connectivity index (χ2v) is 8.65. The largest absolute Gasteiger partial charge is 0.497 e. The molecule has 4 rings (SSSR count). The minimum atomic E-state index is -0.320. The summed E-state index contributed by atoms with van der Waals surface area (Å²) in [4.78, 5) is 29.8. The van der Waals surface area contributed by atoms with Gasteiger partial charge in [0.2, 0.25) is 17.6 Å². The predicted molar refractivity (Wildman–Crippen MR) is 138 cm³/mol. The van der Waals surface area contributed by atoms with E-state index in [1.165, 1.54) is 16.4 Å². The average molecular weight is 507 g/mol. The first-order chi connectivity index (χ1) is 17.4. The summed E-state index contributed by atoms with van der Waals surface area (Å²) in [7, 11) is 1.57. The molecule has 0 fully saturated rings. The molecule has 0 saturated heterocycles. The van der Waals surface area contributed by atoms with Crippen molar-refractivity contribution in [2.24, 2.45) is 0 Å². The number of aromatic nitrogens is 4. The lowest BCUT2D eigenvalue weighted by Crippen LogP contribution is -2.22. The van der Waals surface area contributed by atoms with E-state index in [1.807, 2.05) is 37.4 Å². The van der Waals surface area contributed by atoms with Gasteiger partial charge >= 0.3 is 0 Å². The van der Waals surface area contributed by atoms with Crippen molar-refractivity contribution >= 4 is 35.1 Å². The van der Waals surface area contributed by atoms with Crippen LogP contribution in [-0.4, -0.2) is 45.1 Å². The zero-order valence-corrected chi connectivity index (χ0v) is 21.2. The van der Waals surface area contributed by atoms with Gasteiger partial charge in [-0.1, -0.05) is 41.9 Å². The van der Waals surface area contributed by atoms with Crippen LogP contribution in [0.5, 0.6) is 5.75 Å². The van der Waals surface area contributed by atoms with Crippen molar-refractivity contribution in [3.05, 3.63) is 54.1 Å². The number of thioether (sulfide) groups is 1. The van der Waals surface area contributed by atoms with Gasteiger partial charge in [0.25, 0.3) is 5.89 Å². The second-order valence-electron chi connectivity index (χ2n) is 7.86. The number of nitrogens with one attached hydrogen (secondary N) is 2. The average Bonchev–Trinajstić information content (AvgIpc) is 3.49. The molecule has 11 heteroatoms. The fourth-order valence-corrected chi connectivity index (χ4v) is 3.96. The van der Waals surface area contributed by atoms with Gasteiger partial charge in [-0.25, -0.2) is 4.68 Å². The van der Waals surface area contributed by atoms with Crippen LogP contribution in [0.2, 0.25) is 0 Å². The molecule has 0 aliphatic carbocycles. The lowest BCUT2D eigenvalue weighted by Gasteiger charge is -2.10. The number of carbonyl (C=O) groups is 2. The standard InChI is InChI=1S/C25H26N6O4S/c1-5-19(32)27-23-21(24-28-22(30-35-24)16-8-6-15(2)7-9-16)25(36-4)29-31(23)14-20(33)26-17-10-12-18(34-3)13-11-17/h6-13H,5,14H2,1-4H3,(H,26,33)(H,27,32). The zero-order chi connectivity index (χ0) is 25.7. The highest BCUT2D eigenvalue weighted by atomic mass is 32.2. The van der Waals surface area contributed by atoms with Crippen LogP contribution in [0.4, 0.5) is 11.5 Å². The lowest BCUT2D eigenvalue weighted by atomic mass is 10.1. The summed E-state index contributed by atoms with van der Waals surface area (Å²) in [5.41, 5.74) is 2.99. The number of ether oxygens (including phenoxy) is 1. The van der Waals surface area contributed by atoms with Crippen LogP contribution in [0, 0.1) is 6.92 Å². The Morgan fingerprint density at radius 1 is 1.06 bits per heavy atom. The molecular formula is C25H26N6O4S. The summed E-state index contributed by atoms with van der Waals surface area (Å²) in [5, 5.41) is 14.9. The maximum absolute atomic E-state index is 12.8. The third-order valence-corrected chi connectivity index (χ3v) is 5.98. The van der Waals surface area contributed by atoms with E-state index in [4.69, 9.17) is 9.26 Å². The van der Waals surface area contributed by atoms with Crippen LogP contribution in [0.1, 0.15) is 18.9 Å². The predicted octanol–water partition coefficient (Wildman–Crippen LogP) is 4.63. The highest BCUT2D eigenvalue weighted by molar-refractivity contribution is 7.98. The molecule has 4 aromatic rings. The minimum absolute atomic E-state index is 0.141. The molecule has 2 aromatic heterocycles. The molecule has 0 aliphatic heterocycles. The van der Waals surface area contributed by atoms with Gasteiger partial charge in [0, 0.05) is 17.7 Å². The summed E-state index contributed by atoms with van der Waals surface area (Å²) in [6.45, 7) is 3.60. The smallest absolute Gasteiger partial charge is 0.264 e. The number of hydrogen-bond acceptors (Lipinski definition) is 8. The van der Waals surface area contributed by atoms with Gasteiger partial charge in [0.1, 0.15) is 28.7 Å². The van der Waals surface area contributed by atoms with Crippen molar-refractivity contribution in [3.8, 4) is 28.6 Å². The molecule has 0 saturated carbocycles. The number of rotatable bonds is 9. The van der Waals surface area contributed by atoms with Crippen molar-refractivity contribution in [3.63, 3.8) is 0 Å². The fraction of sp³-hybridized carbons (Fsp3) is 0.240. The SMILES string of the molecule is CCC(=O)Nc1c(-c2nc(-c3ccc(C)cc3)no2)c(SC)nn1CC(=O)Nc1ccc(OC)cc1.